The number of pyridine rings is 1. The van der Waals surface area contributed by atoms with Gasteiger partial charge in [-0.3, -0.25) is 4.98 Å². The predicted molar refractivity (Wildman–Crippen MR) is 50.4 cm³/mol. The summed E-state index contributed by atoms with van der Waals surface area (Å²) in [6, 6.07) is 2.21. The molecule has 2 rings (SSSR count). The zero-order valence-electron chi connectivity index (χ0n) is 8.40. The quantitative estimate of drug-likeness (QED) is 0.868. The van der Waals surface area contributed by atoms with Crippen LogP contribution >= 0.6 is 0 Å². The Bertz CT molecular complexity index is 523. The molecule has 0 aromatic carbocycles. The summed E-state index contributed by atoms with van der Waals surface area (Å²) in [5.74, 6) is 0.212. The fraction of sp³-hybridized carbons (Fsp3) is 0.222. The molecule has 0 saturated heterocycles. The molecule has 0 aliphatic rings. The molecular weight excluding hydrogens is 237 g/mol. The highest BCUT2D eigenvalue weighted by atomic mass is 19.4. The van der Waals surface area contributed by atoms with E-state index < -0.39 is 11.9 Å². The van der Waals surface area contributed by atoms with E-state index in [0.717, 1.165) is 12.3 Å². The van der Waals surface area contributed by atoms with E-state index in [1.807, 2.05) is 0 Å². The molecule has 0 spiro atoms. The van der Waals surface area contributed by atoms with Gasteiger partial charge < -0.3 is 10.3 Å². The molecule has 0 atom stereocenters. The van der Waals surface area contributed by atoms with Gasteiger partial charge >= 0.3 is 6.18 Å². The Labute approximate surface area is 93.5 Å². The second-order valence-corrected chi connectivity index (χ2v) is 3.14. The van der Waals surface area contributed by atoms with Gasteiger partial charge in [-0.2, -0.15) is 18.2 Å². The highest BCUT2D eigenvalue weighted by molar-refractivity contribution is 5.54. The molecule has 0 bridgehead atoms. The highest BCUT2D eigenvalue weighted by Gasteiger charge is 2.32. The van der Waals surface area contributed by atoms with Crippen LogP contribution in [0.4, 0.5) is 13.2 Å². The molecule has 17 heavy (non-hydrogen) atoms. The fourth-order valence-corrected chi connectivity index (χ4v) is 1.18. The van der Waals surface area contributed by atoms with E-state index >= 15 is 0 Å². The second-order valence-electron chi connectivity index (χ2n) is 3.14. The maximum absolute atomic E-state index is 12.4. The van der Waals surface area contributed by atoms with Crippen molar-refractivity contribution in [1.29, 1.82) is 0 Å². The topological polar surface area (TPSA) is 77.8 Å². The zero-order valence-corrected chi connectivity index (χ0v) is 8.40. The van der Waals surface area contributed by atoms with Gasteiger partial charge in [0.1, 0.15) is 5.69 Å². The molecule has 0 fully saturated rings. The number of nitrogens with two attached hydrogens (primary N) is 1. The molecule has 0 amide bonds. The Morgan fingerprint density at radius 1 is 1.35 bits per heavy atom. The average Bonchev–Trinajstić information content (AvgIpc) is 2.76. The maximum atomic E-state index is 12.4. The summed E-state index contributed by atoms with van der Waals surface area (Å²) in [6.45, 7) is 0.0320. The lowest BCUT2D eigenvalue weighted by Crippen LogP contribution is -2.07. The fourth-order valence-electron chi connectivity index (χ4n) is 1.18. The maximum Gasteiger partial charge on any atom is 0.433 e. The average molecular weight is 244 g/mol. The number of nitrogens with zero attached hydrogens (tertiary/aromatic N) is 3. The minimum atomic E-state index is -4.50. The third-order valence-corrected chi connectivity index (χ3v) is 1.95. The Morgan fingerprint density at radius 3 is 2.71 bits per heavy atom. The molecule has 2 N–H and O–H groups in total. The first-order valence-corrected chi connectivity index (χ1v) is 4.57. The first kappa shape index (κ1) is 11.5. The third-order valence-electron chi connectivity index (χ3n) is 1.95. The van der Waals surface area contributed by atoms with Crippen LogP contribution in [-0.2, 0) is 12.7 Å². The van der Waals surface area contributed by atoms with E-state index in [1.54, 1.807) is 0 Å². The van der Waals surface area contributed by atoms with Crippen LogP contribution in [0.15, 0.2) is 22.9 Å². The van der Waals surface area contributed by atoms with Crippen LogP contribution in [0.1, 0.15) is 11.6 Å². The molecule has 0 saturated carbocycles. The highest BCUT2D eigenvalue weighted by Crippen LogP contribution is 2.29. The summed E-state index contributed by atoms with van der Waals surface area (Å²) in [4.78, 5) is 7.05. The van der Waals surface area contributed by atoms with E-state index in [9.17, 15) is 13.2 Å². The summed E-state index contributed by atoms with van der Waals surface area (Å²) < 4.78 is 41.9. The molecule has 2 heterocycles. The van der Waals surface area contributed by atoms with Crippen molar-refractivity contribution in [1.82, 2.24) is 15.1 Å². The molecule has 5 nitrogen and oxygen atoms in total. The lowest BCUT2D eigenvalue weighted by atomic mass is 10.2. The zero-order chi connectivity index (χ0) is 12.5. The second kappa shape index (κ2) is 4.13. The Hall–Kier alpha value is -1.96. The summed E-state index contributed by atoms with van der Waals surface area (Å²) in [5, 5.41) is 3.52. The number of aromatic nitrogens is 3. The van der Waals surface area contributed by atoms with Crippen molar-refractivity contribution in [2.45, 2.75) is 12.7 Å². The normalized spacial score (nSPS) is 11.8. The van der Waals surface area contributed by atoms with Crippen LogP contribution < -0.4 is 5.73 Å². The van der Waals surface area contributed by atoms with E-state index in [-0.39, 0.29) is 23.8 Å². The van der Waals surface area contributed by atoms with E-state index in [4.69, 9.17) is 10.3 Å². The van der Waals surface area contributed by atoms with Gasteiger partial charge in [-0.15, -0.1) is 0 Å². The van der Waals surface area contributed by atoms with Crippen LogP contribution in [0, 0.1) is 0 Å². The minimum absolute atomic E-state index is 0.0320. The lowest BCUT2D eigenvalue weighted by Gasteiger charge is -2.05. The van der Waals surface area contributed by atoms with Crippen LogP contribution in [0.25, 0.3) is 11.4 Å². The Kier molecular flexibility index (Phi) is 2.80. The Balaban J connectivity index is 2.39. The van der Waals surface area contributed by atoms with Crippen molar-refractivity contribution in [3.05, 3.63) is 29.9 Å². The van der Waals surface area contributed by atoms with Crippen molar-refractivity contribution in [3.8, 4) is 11.4 Å². The molecule has 0 aliphatic heterocycles. The first-order chi connectivity index (χ1) is 8.00. The summed E-state index contributed by atoms with van der Waals surface area (Å²) in [5.41, 5.74) is 4.42. The first-order valence-electron chi connectivity index (χ1n) is 4.57. The van der Waals surface area contributed by atoms with Crippen molar-refractivity contribution in [2.24, 2.45) is 5.73 Å². The molecule has 2 aromatic heterocycles. The molecule has 2 aromatic rings. The minimum Gasteiger partial charge on any atom is -0.338 e. The van der Waals surface area contributed by atoms with Crippen molar-refractivity contribution in [2.75, 3.05) is 0 Å². The number of alkyl halides is 3. The molecule has 0 aliphatic carbocycles. The molecule has 0 radical (unpaired) electrons. The number of rotatable bonds is 2. The lowest BCUT2D eigenvalue weighted by molar-refractivity contribution is -0.141. The summed E-state index contributed by atoms with van der Waals surface area (Å²) in [6.07, 6.45) is -3.47. The van der Waals surface area contributed by atoms with Gasteiger partial charge in [0.05, 0.1) is 6.54 Å². The number of hydrogen-bond acceptors (Lipinski definition) is 5. The SMILES string of the molecule is NCc1nc(-c2ccnc(C(F)(F)F)c2)no1. The van der Waals surface area contributed by atoms with Crippen LogP contribution in [0.3, 0.4) is 0 Å². The number of halogens is 3. The molecule has 90 valence electrons. The van der Waals surface area contributed by atoms with Crippen molar-refractivity contribution >= 4 is 0 Å². The number of hydrogen-bond donors (Lipinski definition) is 1. The van der Waals surface area contributed by atoms with Gasteiger partial charge in [-0.05, 0) is 12.1 Å². The van der Waals surface area contributed by atoms with Crippen LogP contribution in [0.5, 0.6) is 0 Å². The van der Waals surface area contributed by atoms with Gasteiger partial charge in [0, 0.05) is 11.8 Å². The molecule has 8 heteroatoms. The van der Waals surface area contributed by atoms with Gasteiger partial charge in [0.15, 0.2) is 0 Å². The largest absolute Gasteiger partial charge is 0.433 e. The van der Waals surface area contributed by atoms with E-state index in [0.29, 0.717) is 0 Å². The van der Waals surface area contributed by atoms with Crippen molar-refractivity contribution < 1.29 is 17.7 Å². The van der Waals surface area contributed by atoms with Gasteiger partial charge in [0.25, 0.3) is 0 Å². The van der Waals surface area contributed by atoms with E-state index in [1.165, 1.54) is 6.07 Å². The standard InChI is InChI=1S/C9H7F3N4O/c10-9(11,12)6-3-5(1-2-14-6)8-15-7(4-13)17-16-8/h1-3H,4,13H2. The van der Waals surface area contributed by atoms with Gasteiger partial charge in [-0.1, -0.05) is 5.16 Å². The monoisotopic (exact) mass is 244 g/mol. The van der Waals surface area contributed by atoms with Gasteiger partial charge in [-0.25, -0.2) is 0 Å². The third kappa shape index (κ3) is 2.41. The predicted octanol–water partition coefficient (Wildman–Crippen LogP) is 1.61. The summed E-state index contributed by atoms with van der Waals surface area (Å²) in [7, 11) is 0. The van der Waals surface area contributed by atoms with Crippen LogP contribution in [0.2, 0.25) is 0 Å². The van der Waals surface area contributed by atoms with Crippen LogP contribution in [-0.4, -0.2) is 15.1 Å². The summed E-state index contributed by atoms with van der Waals surface area (Å²) >= 11 is 0. The Morgan fingerprint density at radius 2 is 2.12 bits per heavy atom. The smallest absolute Gasteiger partial charge is 0.338 e. The molecular formula is C9H7F3N4O. The van der Waals surface area contributed by atoms with Crippen molar-refractivity contribution in [3.63, 3.8) is 0 Å². The van der Waals surface area contributed by atoms with E-state index in [2.05, 4.69) is 15.1 Å². The molecule has 0 unspecified atom stereocenters. The van der Waals surface area contributed by atoms with Gasteiger partial charge in [0.2, 0.25) is 11.7 Å².